The zero-order chi connectivity index (χ0) is 12.3. The molecule has 0 unspecified atom stereocenters. The van der Waals surface area contributed by atoms with Crippen LogP contribution in [0.1, 0.15) is 33.6 Å². The Balaban J connectivity index is 2.61. The lowest BCUT2D eigenvalue weighted by Crippen LogP contribution is -2.52. The molecule has 0 aromatic heterocycles. The maximum Gasteiger partial charge on any atom is 0.326 e. The number of carboxylic acid groups (broad SMARTS) is 1. The second-order valence-corrected chi connectivity index (χ2v) is 5.28. The van der Waals surface area contributed by atoms with Crippen LogP contribution in [0.5, 0.6) is 0 Å². The number of carbonyl (C=O) groups is 2. The van der Waals surface area contributed by atoms with Gasteiger partial charge < -0.3 is 15.3 Å². The van der Waals surface area contributed by atoms with Gasteiger partial charge in [-0.15, -0.1) is 0 Å². The summed E-state index contributed by atoms with van der Waals surface area (Å²) in [6.07, 6.45) is 2.00. The number of carbonyl (C=O) groups excluding carboxylic acids is 1. The third-order valence-electron chi connectivity index (χ3n) is 2.77. The smallest absolute Gasteiger partial charge is 0.326 e. The van der Waals surface area contributed by atoms with Gasteiger partial charge in [-0.3, -0.25) is 0 Å². The van der Waals surface area contributed by atoms with E-state index < -0.39 is 17.4 Å². The first kappa shape index (κ1) is 12.8. The molecule has 2 N–H and O–H groups in total. The van der Waals surface area contributed by atoms with E-state index in [0.29, 0.717) is 0 Å². The number of hydrogen-bond donors (Lipinski definition) is 2. The fourth-order valence-corrected chi connectivity index (χ4v) is 1.78. The first-order chi connectivity index (χ1) is 7.32. The molecule has 1 atom stereocenters. The van der Waals surface area contributed by atoms with Crippen molar-refractivity contribution in [3.8, 4) is 0 Å². The molecule has 0 bridgehead atoms. The Morgan fingerprint density at radius 2 is 1.75 bits per heavy atom. The van der Waals surface area contributed by atoms with Gasteiger partial charge in [-0.1, -0.05) is 20.8 Å². The minimum absolute atomic E-state index is 0.264. The summed E-state index contributed by atoms with van der Waals surface area (Å²) in [5.74, 6) is -0.986. The molecule has 1 aliphatic rings. The SMILES string of the molecule is CC(C)(C)[C@H](NC(=O)N1CCCC1)C(=O)O. The molecule has 0 spiro atoms. The van der Waals surface area contributed by atoms with E-state index in [1.165, 1.54) is 0 Å². The monoisotopic (exact) mass is 228 g/mol. The van der Waals surface area contributed by atoms with Gasteiger partial charge in [0.05, 0.1) is 0 Å². The number of rotatable bonds is 2. The van der Waals surface area contributed by atoms with Crippen LogP contribution in [-0.4, -0.2) is 41.1 Å². The van der Waals surface area contributed by atoms with Crippen LogP contribution in [0.2, 0.25) is 0 Å². The number of nitrogens with one attached hydrogen (secondary N) is 1. The molecule has 0 aromatic rings. The van der Waals surface area contributed by atoms with E-state index in [-0.39, 0.29) is 6.03 Å². The summed E-state index contributed by atoms with van der Waals surface area (Å²) >= 11 is 0. The third-order valence-corrected chi connectivity index (χ3v) is 2.77. The highest BCUT2D eigenvalue weighted by atomic mass is 16.4. The molecule has 2 amide bonds. The molecule has 5 heteroatoms. The van der Waals surface area contributed by atoms with E-state index in [1.807, 2.05) is 0 Å². The summed E-state index contributed by atoms with van der Waals surface area (Å²) in [6.45, 7) is 6.85. The fraction of sp³-hybridized carbons (Fsp3) is 0.818. The third kappa shape index (κ3) is 3.12. The molecule has 1 heterocycles. The molecule has 0 saturated carbocycles. The molecule has 0 radical (unpaired) electrons. The van der Waals surface area contributed by atoms with Crippen LogP contribution in [0.3, 0.4) is 0 Å². The summed E-state index contributed by atoms with van der Waals surface area (Å²) in [4.78, 5) is 24.5. The van der Waals surface area contributed by atoms with Crippen LogP contribution in [0.25, 0.3) is 0 Å². The average molecular weight is 228 g/mol. The van der Waals surface area contributed by atoms with Crippen LogP contribution in [0.4, 0.5) is 4.79 Å². The Bertz CT molecular complexity index is 277. The predicted molar refractivity (Wildman–Crippen MR) is 60.2 cm³/mol. The standard InChI is InChI=1S/C11H20N2O3/c1-11(2,3)8(9(14)15)12-10(16)13-6-4-5-7-13/h8H,4-7H2,1-3H3,(H,12,16)(H,14,15)/t8-/m1/s1. The maximum absolute atomic E-state index is 11.8. The van der Waals surface area contributed by atoms with Crippen molar-refractivity contribution < 1.29 is 14.7 Å². The fourth-order valence-electron chi connectivity index (χ4n) is 1.78. The van der Waals surface area contributed by atoms with Crippen molar-refractivity contribution in [1.82, 2.24) is 10.2 Å². The van der Waals surface area contributed by atoms with Crippen molar-refractivity contribution in [2.24, 2.45) is 5.41 Å². The lowest BCUT2D eigenvalue weighted by atomic mass is 9.87. The summed E-state index contributed by atoms with van der Waals surface area (Å²) in [5.41, 5.74) is -0.485. The zero-order valence-corrected chi connectivity index (χ0v) is 10.1. The minimum atomic E-state index is -0.986. The number of hydrogen-bond acceptors (Lipinski definition) is 2. The summed E-state index contributed by atoms with van der Waals surface area (Å²) < 4.78 is 0. The van der Waals surface area contributed by atoms with Gasteiger partial charge in [-0.25, -0.2) is 9.59 Å². The first-order valence-electron chi connectivity index (χ1n) is 5.60. The van der Waals surface area contributed by atoms with Crippen LogP contribution < -0.4 is 5.32 Å². The Hall–Kier alpha value is -1.26. The number of amides is 2. The van der Waals surface area contributed by atoms with E-state index in [1.54, 1.807) is 25.7 Å². The molecular formula is C11H20N2O3. The predicted octanol–water partition coefficient (Wildman–Crippen LogP) is 1.29. The molecule has 1 fully saturated rings. The van der Waals surface area contributed by atoms with Crippen molar-refractivity contribution in [2.45, 2.75) is 39.7 Å². The summed E-state index contributed by atoms with van der Waals surface area (Å²) in [6, 6.07) is -1.11. The highest BCUT2D eigenvalue weighted by Crippen LogP contribution is 2.20. The molecule has 1 saturated heterocycles. The number of nitrogens with zero attached hydrogens (tertiary/aromatic N) is 1. The van der Waals surface area contributed by atoms with Crippen molar-refractivity contribution in [2.75, 3.05) is 13.1 Å². The van der Waals surface area contributed by atoms with Crippen LogP contribution >= 0.6 is 0 Å². The van der Waals surface area contributed by atoms with Crippen LogP contribution in [0, 0.1) is 5.41 Å². The number of likely N-dealkylation sites (tertiary alicyclic amines) is 1. The molecule has 0 aromatic carbocycles. The van der Waals surface area contributed by atoms with E-state index in [0.717, 1.165) is 25.9 Å². The lowest BCUT2D eigenvalue weighted by molar-refractivity contribution is -0.142. The lowest BCUT2D eigenvalue weighted by Gasteiger charge is -2.29. The zero-order valence-electron chi connectivity index (χ0n) is 10.1. The van der Waals surface area contributed by atoms with Gasteiger partial charge in [0.2, 0.25) is 0 Å². The Morgan fingerprint density at radius 3 is 2.12 bits per heavy atom. The maximum atomic E-state index is 11.8. The molecule has 1 aliphatic heterocycles. The van der Waals surface area contributed by atoms with Gasteiger partial charge in [0.25, 0.3) is 0 Å². The quantitative estimate of drug-likeness (QED) is 0.748. The second-order valence-electron chi connectivity index (χ2n) is 5.28. The van der Waals surface area contributed by atoms with Gasteiger partial charge >= 0.3 is 12.0 Å². The Labute approximate surface area is 95.8 Å². The van der Waals surface area contributed by atoms with E-state index in [4.69, 9.17) is 5.11 Å². The Morgan fingerprint density at radius 1 is 1.25 bits per heavy atom. The van der Waals surface area contributed by atoms with E-state index >= 15 is 0 Å². The van der Waals surface area contributed by atoms with Gasteiger partial charge in [-0.05, 0) is 18.3 Å². The normalized spacial score (nSPS) is 18.3. The van der Waals surface area contributed by atoms with Gasteiger partial charge in [0.15, 0.2) is 0 Å². The van der Waals surface area contributed by atoms with Gasteiger partial charge in [-0.2, -0.15) is 0 Å². The van der Waals surface area contributed by atoms with Gasteiger partial charge in [0, 0.05) is 13.1 Å². The van der Waals surface area contributed by atoms with Crippen LogP contribution in [-0.2, 0) is 4.79 Å². The van der Waals surface area contributed by atoms with E-state index in [9.17, 15) is 9.59 Å². The molecule has 92 valence electrons. The van der Waals surface area contributed by atoms with Gasteiger partial charge in [0.1, 0.15) is 6.04 Å². The van der Waals surface area contributed by atoms with Crippen molar-refractivity contribution in [1.29, 1.82) is 0 Å². The average Bonchev–Trinajstić information content (AvgIpc) is 2.63. The Kier molecular flexibility index (Phi) is 3.78. The molecule has 5 nitrogen and oxygen atoms in total. The second kappa shape index (κ2) is 4.72. The minimum Gasteiger partial charge on any atom is -0.480 e. The first-order valence-corrected chi connectivity index (χ1v) is 5.60. The molecule has 0 aliphatic carbocycles. The summed E-state index contributed by atoms with van der Waals surface area (Å²) in [7, 11) is 0. The number of aliphatic carboxylic acids is 1. The summed E-state index contributed by atoms with van der Waals surface area (Å²) in [5, 5.41) is 11.7. The largest absolute Gasteiger partial charge is 0.480 e. The number of carboxylic acids is 1. The topological polar surface area (TPSA) is 69.6 Å². The highest BCUT2D eigenvalue weighted by molar-refractivity contribution is 5.83. The van der Waals surface area contributed by atoms with Crippen molar-refractivity contribution in [3.63, 3.8) is 0 Å². The molecule has 1 rings (SSSR count). The highest BCUT2D eigenvalue weighted by Gasteiger charge is 2.34. The van der Waals surface area contributed by atoms with Crippen molar-refractivity contribution in [3.05, 3.63) is 0 Å². The van der Waals surface area contributed by atoms with Crippen LogP contribution in [0.15, 0.2) is 0 Å². The number of urea groups is 1. The molecular weight excluding hydrogens is 208 g/mol. The molecule has 16 heavy (non-hydrogen) atoms. The van der Waals surface area contributed by atoms with E-state index in [2.05, 4.69) is 5.32 Å². The van der Waals surface area contributed by atoms with Crippen molar-refractivity contribution >= 4 is 12.0 Å².